The van der Waals surface area contributed by atoms with Gasteiger partial charge in [-0.25, -0.2) is 0 Å². The van der Waals surface area contributed by atoms with Gasteiger partial charge in [0.15, 0.2) is 12.6 Å². The van der Waals surface area contributed by atoms with Crippen LogP contribution in [0.3, 0.4) is 0 Å². The zero-order valence-electron chi connectivity index (χ0n) is 30.9. The number of hydrogen-bond donors (Lipinski definition) is 4. The Bertz CT molecular complexity index is 1110. The first-order valence-corrected chi connectivity index (χ1v) is 17.9. The smallest absolute Gasteiger partial charge is 0.225 e. The van der Waals surface area contributed by atoms with Crippen molar-refractivity contribution in [3.63, 3.8) is 0 Å². The highest BCUT2D eigenvalue weighted by molar-refractivity contribution is 5.79. The highest BCUT2D eigenvalue weighted by Gasteiger charge is 2.55. The van der Waals surface area contributed by atoms with E-state index in [1.807, 2.05) is 74.4 Å². The van der Waals surface area contributed by atoms with Crippen molar-refractivity contribution >= 4 is 5.91 Å². The van der Waals surface area contributed by atoms with Crippen LogP contribution in [-0.4, -0.2) is 113 Å². The molecular formula is C36H64N2O9. The summed E-state index contributed by atoms with van der Waals surface area (Å²) in [6.07, 6.45) is -2.05. The van der Waals surface area contributed by atoms with Gasteiger partial charge in [0.05, 0.1) is 36.4 Å². The normalized spacial score (nSPS) is 48.7. The maximum atomic E-state index is 14.1. The van der Waals surface area contributed by atoms with Crippen LogP contribution in [0.1, 0.15) is 101 Å². The lowest BCUT2D eigenvalue weighted by molar-refractivity contribution is -0.305. The number of nitrogens with zero attached hydrogens (tertiary/aromatic N) is 1. The Hall–Kier alpha value is -1.31. The number of fused-ring (bicyclic) bond motifs is 2. The summed E-state index contributed by atoms with van der Waals surface area (Å²) in [5, 5.41) is 38.0. The average Bonchev–Trinajstić information content (AvgIpc) is 3.30. The van der Waals surface area contributed by atoms with Crippen molar-refractivity contribution in [2.75, 3.05) is 14.1 Å². The van der Waals surface area contributed by atoms with Crippen LogP contribution in [0.25, 0.3) is 0 Å². The molecule has 3 fully saturated rings. The van der Waals surface area contributed by atoms with Gasteiger partial charge in [-0.15, -0.1) is 0 Å². The maximum absolute atomic E-state index is 14.1. The number of rotatable bonds is 6. The molecule has 11 nitrogen and oxygen atoms in total. The molecule has 2 bridgehead atoms. The van der Waals surface area contributed by atoms with E-state index in [4.69, 9.17) is 23.7 Å². The molecule has 4 aliphatic rings. The van der Waals surface area contributed by atoms with Crippen LogP contribution >= 0.6 is 0 Å². The van der Waals surface area contributed by atoms with Crippen molar-refractivity contribution in [3.05, 3.63) is 11.3 Å². The van der Waals surface area contributed by atoms with Gasteiger partial charge >= 0.3 is 0 Å². The predicted molar refractivity (Wildman–Crippen MR) is 178 cm³/mol. The monoisotopic (exact) mass is 668 g/mol. The average molecular weight is 669 g/mol. The standard InChI is InChI=1S/C36H64N2O9/c1-13-26-36(10,42)31(40)22(6)29-19(3)17-35(9,47-29)32(46-34-28(39)25(38(11)12)16-21(5)44-34)23(7)30(24(8)33(41)37-26)45-27-15-18(2)14-20(4)43-27/h18,20-28,30-32,34,39-40,42H,13-17H2,1-12H3,(H,37,41)/t18-,20?,21?,22+,23?,24?,25?,26?,27?,28-,30?,31-,32?,34?,35-,36-/m1/s1. The molecule has 0 radical (unpaired) electrons. The van der Waals surface area contributed by atoms with Crippen LogP contribution in [0.15, 0.2) is 11.3 Å². The van der Waals surface area contributed by atoms with E-state index in [0.717, 1.165) is 12.0 Å². The molecule has 0 aromatic rings. The summed E-state index contributed by atoms with van der Waals surface area (Å²) in [7, 11) is 3.88. The topological polar surface area (TPSA) is 139 Å². The number of likely N-dealkylation sites (N-methyl/N-ethyl adjacent to an activating group) is 1. The molecule has 47 heavy (non-hydrogen) atoms. The van der Waals surface area contributed by atoms with Gasteiger partial charge in [0.1, 0.15) is 29.2 Å². The van der Waals surface area contributed by atoms with Crippen LogP contribution in [0.2, 0.25) is 0 Å². The molecule has 16 atom stereocenters. The van der Waals surface area contributed by atoms with Crippen molar-refractivity contribution in [3.8, 4) is 0 Å². The zero-order chi connectivity index (χ0) is 35.2. The first-order chi connectivity index (χ1) is 21.8. The van der Waals surface area contributed by atoms with Crippen molar-refractivity contribution in [2.45, 2.75) is 174 Å². The lowest BCUT2D eigenvalue weighted by Crippen LogP contribution is -2.60. The number of amides is 1. The van der Waals surface area contributed by atoms with E-state index in [9.17, 15) is 20.1 Å². The second kappa shape index (κ2) is 14.9. The molecule has 4 rings (SSSR count). The molecule has 4 heterocycles. The molecule has 3 saturated heterocycles. The number of hydrogen-bond acceptors (Lipinski definition) is 10. The summed E-state index contributed by atoms with van der Waals surface area (Å²) in [4.78, 5) is 16.1. The summed E-state index contributed by atoms with van der Waals surface area (Å²) in [6.45, 7) is 19.3. The van der Waals surface area contributed by atoms with Crippen molar-refractivity contribution in [2.24, 2.45) is 23.7 Å². The molecule has 1 amide bonds. The largest absolute Gasteiger partial charge is 0.489 e. The molecule has 10 unspecified atom stereocenters. The third kappa shape index (κ3) is 8.03. The maximum Gasteiger partial charge on any atom is 0.225 e. The van der Waals surface area contributed by atoms with Crippen LogP contribution in [0.4, 0.5) is 0 Å². The van der Waals surface area contributed by atoms with E-state index in [2.05, 4.69) is 12.2 Å². The fourth-order valence-electron chi connectivity index (χ4n) is 8.71. The first kappa shape index (κ1) is 38.5. The third-order valence-electron chi connectivity index (χ3n) is 11.4. The highest BCUT2D eigenvalue weighted by Crippen LogP contribution is 2.47. The lowest BCUT2D eigenvalue weighted by atomic mass is 9.78. The predicted octanol–water partition coefficient (Wildman–Crippen LogP) is 3.73. The van der Waals surface area contributed by atoms with Crippen LogP contribution < -0.4 is 5.32 Å². The van der Waals surface area contributed by atoms with Crippen molar-refractivity contribution in [1.82, 2.24) is 10.2 Å². The van der Waals surface area contributed by atoms with Gasteiger partial charge in [-0.3, -0.25) is 4.79 Å². The number of ether oxygens (including phenoxy) is 5. The van der Waals surface area contributed by atoms with Gasteiger partial charge in [-0.05, 0) is 79.5 Å². The number of carbonyl (C=O) groups excluding carboxylic acids is 1. The molecule has 11 heteroatoms. The van der Waals surface area contributed by atoms with Crippen LogP contribution in [0.5, 0.6) is 0 Å². The minimum Gasteiger partial charge on any atom is -0.489 e. The van der Waals surface area contributed by atoms with Crippen LogP contribution in [-0.2, 0) is 28.5 Å². The number of aliphatic hydroxyl groups is 3. The Morgan fingerprint density at radius 1 is 0.957 bits per heavy atom. The van der Waals surface area contributed by atoms with E-state index >= 15 is 0 Å². The third-order valence-corrected chi connectivity index (χ3v) is 11.4. The second-order valence-electron chi connectivity index (χ2n) is 16.0. The Balaban J connectivity index is 1.82. The van der Waals surface area contributed by atoms with Gasteiger partial charge in [-0.1, -0.05) is 34.6 Å². The van der Waals surface area contributed by atoms with Gasteiger partial charge in [0, 0.05) is 30.7 Å². The minimum absolute atomic E-state index is 0.00729. The van der Waals surface area contributed by atoms with E-state index in [-0.39, 0.29) is 24.2 Å². The molecule has 272 valence electrons. The molecule has 0 spiro atoms. The number of nitrogens with one attached hydrogen (secondary N) is 1. The molecule has 0 aliphatic carbocycles. The molecule has 4 aliphatic heterocycles. The minimum atomic E-state index is -1.65. The van der Waals surface area contributed by atoms with E-state index in [0.29, 0.717) is 37.4 Å². The first-order valence-electron chi connectivity index (χ1n) is 17.9. The fraction of sp³-hybridized carbons (Fsp3) is 0.917. The number of carbonyl (C=O) groups is 1. The second-order valence-corrected chi connectivity index (χ2v) is 16.0. The van der Waals surface area contributed by atoms with E-state index in [1.54, 1.807) is 6.92 Å². The van der Waals surface area contributed by atoms with Gasteiger partial charge in [-0.2, -0.15) is 0 Å². The lowest BCUT2D eigenvalue weighted by Gasteiger charge is -2.47. The fourth-order valence-corrected chi connectivity index (χ4v) is 8.71. The summed E-state index contributed by atoms with van der Waals surface area (Å²) < 4.78 is 33.1. The summed E-state index contributed by atoms with van der Waals surface area (Å²) >= 11 is 0. The molecule has 0 saturated carbocycles. The van der Waals surface area contributed by atoms with Gasteiger partial charge < -0.3 is 49.2 Å². The molecule has 0 aromatic carbocycles. The van der Waals surface area contributed by atoms with Gasteiger partial charge in [0.2, 0.25) is 5.91 Å². The zero-order valence-corrected chi connectivity index (χ0v) is 30.9. The van der Waals surface area contributed by atoms with Crippen LogP contribution in [0, 0.1) is 23.7 Å². The van der Waals surface area contributed by atoms with Crippen molar-refractivity contribution < 1.29 is 43.8 Å². The Kier molecular flexibility index (Phi) is 12.2. The van der Waals surface area contributed by atoms with E-state index < -0.39 is 72.0 Å². The highest BCUT2D eigenvalue weighted by atomic mass is 16.7. The molecular weight excluding hydrogens is 604 g/mol. The number of aliphatic hydroxyl groups excluding tert-OH is 2. The van der Waals surface area contributed by atoms with E-state index in [1.165, 1.54) is 0 Å². The summed E-state index contributed by atoms with van der Waals surface area (Å²) in [5.74, 6) is -1.05. The summed E-state index contributed by atoms with van der Waals surface area (Å²) in [6, 6.07) is -0.908. The SMILES string of the molecule is CCC1NC(=O)C(C)C(OC2C[C@H](C)CC(C)O2)C(C)C(OC2OC(C)CC(N(C)C)[C@H]2O)[C@@]2(C)CC(C)=C(O2)[C@H](C)[C@@H](O)[C@]1(C)O. The molecule has 4 N–H and O–H groups in total. The van der Waals surface area contributed by atoms with Crippen molar-refractivity contribution in [1.29, 1.82) is 0 Å². The Morgan fingerprint density at radius 3 is 2.19 bits per heavy atom. The summed E-state index contributed by atoms with van der Waals surface area (Å²) in [5.41, 5.74) is -1.68. The Morgan fingerprint density at radius 2 is 1.60 bits per heavy atom. The molecule has 0 aromatic heterocycles. The van der Waals surface area contributed by atoms with Gasteiger partial charge in [0.25, 0.3) is 0 Å². The quantitative estimate of drug-likeness (QED) is 0.331. The Labute approximate surface area is 282 Å².